The first kappa shape index (κ1) is 19.8. The van der Waals surface area contributed by atoms with Gasteiger partial charge in [0.2, 0.25) is 11.6 Å². The zero-order valence-corrected chi connectivity index (χ0v) is 17.7. The van der Waals surface area contributed by atoms with Gasteiger partial charge in [0.25, 0.3) is 0 Å². The van der Waals surface area contributed by atoms with Crippen LogP contribution in [0.3, 0.4) is 0 Å². The van der Waals surface area contributed by atoms with Crippen LogP contribution in [0, 0.1) is 6.92 Å². The van der Waals surface area contributed by atoms with Gasteiger partial charge in [0.05, 0.1) is 38.5 Å². The van der Waals surface area contributed by atoms with Crippen LogP contribution in [0.2, 0.25) is 0 Å². The summed E-state index contributed by atoms with van der Waals surface area (Å²) in [6.45, 7) is 1.86. The number of aryl methyl sites for hydroxylation is 1. The molecule has 0 saturated heterocycles. The summed E-state index contributed by atoms with van der Waals surface area (Å²) in [7, 11) is 6.07. The minimum Gasteiger partial charge on any atom is -0.493 e. The number of hydrogen-bond acceptors (Lipinski definition) is 6. The number of aromatic nitrogens is 1. The lowest BCUT2D eigenvalue weighted by Gasteiger charge is -2.23. The molecule has 0 fully saturated rings. The Bertz CT molecular complexity index is 782. The fourth-order valence-electron chi connectivity index (χ4n) is 2.65. The molecule has 2 rings (SSSR count). The monoisotopic (exact) mass is 475 g/mol. The number of halogens is 2. The highest BCUT2D eigenvalue weighted by atomic mass is 79.9. The van der Waals surface area contributed by atoms with Crippen LogP contribution < -0.4 is 18.9 Å². The number of aliphatic hydroxyl groups excluding tert-OH is 1. The lowest BCUT2D eigenvalue weighted by Crippen LogP contribution is -2.10. The van der Waals surface area contributed by atoms with Crippen LogP contribution in [0.4, 0.5) is 0 Å². The number of benzene rings is 1. The second-order valence-electron chi connectivity index (χ2n) is 5.12. The Morgan fingerprint density at radius 2 is 1.60 bits per heavy atom. The summed E-state index contributed by atoms with van der Waals surface area (Å²) in [6.07, 6.45) is 0.529. The third-order valence-corrected chi connectivity index (χ3v) is 5.77. The summed E-state index contributed by atoms with van der Waals surface area (Å²) >= 11 is 6.88. The second kappa shape index (κ2) is 8.25. The van der Waals surface area contributed by atoms with Crippen molar-refractivity contribution in [3.05, 3.63) is 37.9 Å². The highest BCUT2D eigenvalue weighted by Crippen LogP contribution is 2.48. The maximum Gasteiger partial charge on any atom is 0.220 e. The lowest BCUT2D eigenvalue weighted by atomic mass is 9.96. The van der Waals surface area contributed by atoms with Gasteiger partial charge in [-0.3, -0.25) is 0 Å². The quantitative estimate of drug-likeness (QED) is 0.678. The molecule has 0 saturated carbocycles. The van der Waals surface area contributed by atoms with E-state index < -0.39 is 6.10 Å². The van der Waals surface area contributed by atoms with E-state index in [1.54, 1.807) is 19.4 Å². The van der Waals surface area contributed by atoms with Gasteiger partial charge in [-0.15, -0.1) is 0 Å². The van der Waals surface area contributed by atoms with Gasteiger partial charge in [0.15, 0.2) is 11.5 Å². The number of ether oxygens (including phenoxy) is 4. The van der Waals surface area contributed by atoms with Gasteiger partial charge in [0.1, 0.15) is 6.10 Å². The van der Waals surface area contributed by atoms with E-state index in [0.29, 0.717) is 43.2 Å². The van der Waals surface area contributed by atoms with Crippen molar-refractivity contribution in [2.45, 2.75) is 13.0 Å². The smallest absolute Gasteiger partial charge is 0.220 e. The van der Waals surface area contributed by atoms with Crippen LogP contribution >= 0.6 is 31.9 Å². The standard InChI is InChI=1S/C17H19Br2NO5/c1-8-6-10(22-2)15(23-3)16(24-4)11(8)14(21)12-13(19)9(18)7-20-17(12)25-5/h6-7,14,21H,1-5H3. The molecule has 1 aromatic carbocycles. The Balaban J connectivity index is 2.77. The molecule has 1 aromatic heterocycles. The van der Waals surface area contributed by atoms with Crippen molar-refractivity contribution >= 4 is 31.9 Å². The molecule has 0 bridgehead atoms. The van der Waals surface area contributed by atoms with Gasteiger partial charge in [-0.1, -0.05) is 0 Å². The maximum atomic E-state index is 11.1. The van der Waals surface area contributed by atoms with Crippen molar-refractivity contribution in [2.75, 3.05) is 28.4 Å². The van der Waals surface area contributed by atoms with E-state index in [9.17, 15) is 5.11 Å². The Morgan fingerprint density at radius 3 is 2.12 bits per heavy atom. The fourth-order valence-corrected chi connectivity index (χ4v) is 3.45. The summed E-state index contributed by atoms with van der Waals surface area (Å²) in [4.78, 5) is 4.21. The van der Waals surface area contributed by atoms with Crippen molar-refractivity contribution < 1.29 is 24.1 Å². The molecule has 1 unspecified atom stereocenters. The molecule has 1 heterocycles. The minimum absolute atomic E-state index is 0.304. The van der Waals surface area contributed by atoms with E-state index in [-0.39, 0.29) is 0 Å². The molecule has 0 amide bonds. The Morgan fingerprint density at radius 1 is 0.960 bits per heavy atom. The molecule has 6 nitrogen and oxygen atoms in total. The zero-order valence-electron chi connectivity index (χ0n) is 14.5. The molecule has 1 N–H and O–H groups in total. The fraction of sp³-hybridized carbons (Fsp3) is 0.353. The summed E-state index contributed by atoms with van der Waals surface area (Å²) in [5, 5.41) is 11.1. The van der Waals surface area contributed by atoms with Crippen LogP contribution in [0.25, 0.3) is 0 Å². The predicted molar refractivity (Wildman–Crippen MR) is 101 cm³/mol. The third-order valence-electron chi connectivity index (χ3n) is 3.79. The largest absolute Gasteiger partial charge is 0.493 e. The average Bonchev–Trinajstić information content (AvgIpc) is 2.61. The summed E-state index contributed by atoms with van der Waals surface area (Å²) < 4.78 is 22.9. The van der Waals surface area contributed by atoms with E-state index in [1.807, 2.05) is 6.92 Å². The van der Waals surface area contributed by atoms with Crippen molar-refractivity contribution in [2.24, 2.45) is 0 Å². The molecular weight excluding hydrogens is 458 g/mol. The summed E-state index contributed by atoms with van der Waals surface area (Å²) in [5.74, 6) is 1.62. The number of nitrogens with zero attached hydrogens (tertiary/aromatic N) is 1. The highest BCUT2D eigenvalue weighted by molar-refractivity contribution is 9.13. The molecule has 136 valence electrons. The Labute approximate surface area is 163 Å². The van der Waals surface area contributed by atoms with E-state index >= 15 is 0 Å². The minimum atomic E-state index is -1.07. The Kier molecular flexibility index (Phi) is 6.53. The molecule has 2 aromatic rings. The van der Waals surface area contributed by atoms with Crippen LogP contribution in [0.5, 0.6) is 23.1 Å². The van der Waals surface area contributed by atoms with Crippen LogP contribution in [0.15, 0.2) is 21.2 Å². The van der Waals surface area contributed by atoms with Crippen LogP contribution in [-0.4, -0.2) is 38.5 Å². The third kappa shape index (κ3) is 3.56. The van der Waals surface area contributed by atoms with Crippen LogP contribution in [-0.2, 0) is 0 Å². The van der Waals surface area contributed by atoms with Crippen molar-refractivity contribution in [1.82, 2.24) is 4.98 Å². The number of pyridine rings is 1. The first-order chi connectivity index (χ1) is 11.9. The average molecular weight is 477 g/mol. The predicted octanol–water partition coefficient (Wildman–Crippen LogP) is 4.03. The topological polar surface area (TPSA) is 70.0 Å². The Hall–Kier alpha value is -1.51. The molecular formula is C17H19Br2NO5. The second-order valence-corrected chi connectivity index (χ2v) is 6.77. The normalized spacial score (nSPS) is 11.8. The van der Waals surface area contributed by atoms with Gasteiger partial charge >= 0.3 is 0 Å². The SMILES string of the molecule is COc1cc(C)c(C(O)c2c(OC)ncc(Br)c2Br)c(OC)c1OC. The van der Waals surface area contributed by atoms with Gasteiger partial charge in [-0.2, -0.15) is 0 Å². The highest BCUT2D eigenvalue weighted by Gasteiger charge is 2.29. The first-order valence-corrected chi connectivity index (χ1v) is 8.85. The van der Waals surface area contributed by atoms with Crippen molar-refractivity contribution in [3.8, 4) is 23.1 Å². The first-order valence-electron chi connectivity index (χ1n) is 7.26. The van der Waals surface area contributed by atoms with Gasteiger partial charge in [-0.05, 0) is 50.4 Å². The summed E-state index contributed by atoms with van der Waals surface area (Å²) in [5.41, 5.74) is 1.79. The number of hydrogen-bond donors (Lipinski definition) is 1. The molecule has 0 aliphatic rings. The number of rotatable bonds is 6. The number of methoxy groups -OCH3 is 4. The van der Waals surface area contributed by atoms with Gasteiger partial charge in [-0.25, -0.2) is 4.98 Å². The molecule has 0 aliphatic heterocycles. The van der Waals surface area contributed by atoms with E-state index in [4.69, 9.17) is 18.9 Å². The van der Waals surface area contributed by atoms with Gasteiger partial charge < -0.3 is 24.1 Å². The molecule has 0 aliphatic carbocycles. The molecule has 8 heteroatoms. The summed E-state index contributed by atoms with van der Waals surface area (Å²) in [6, 6.07) is 1.78. The maximum absolute atomic E-state index is 11.1. The van der Waals surface area contributed by atoms with E-state index in [2.05, 4.69) is 36.8 Å². The molecule has 0 spiro atoms. The van der Waals surface area contributed by atoms with Crippen molar-refractivity contribution in [3.63, 3.8) is 0 Å². The van der Waals surface area contributed by atoms with E-state index in [1.165, 1.54) is 21.3 Å². The van der Waals surface area contributed by atoms with Crippen molar-refractivity contribution in [1.29, 1.82) is 0 Å². The van der Waals surface area contributed by atoms with Gasteiger partial charge in [0, 0.05) is 16.2 Å². The van der Waals surface area contributed by atoms with E-state index in [0.717, 1.165) is 5.56 Å². The lowest BCUT2D eigenvalue weighted by molar-refractivity contribution is 0.204. The number of aliphatic hydroxyl groups is 1. The molecule has 1 atom stereocenters. The zero-order chi connectivity index (χ0) is 18.7. The molecule has 25 heavy (non-hydrogen) atoms. The molecule has 0 radical (unpaired) electrons. The van der Waals surface area contributed by atoms with Crippen LogP contribution in [0.1, 0.15) is 22.8 Å².